The molecule has 4 aromatic rings. The Labute approximate surface area is 224 Å². The van der Waals surface area contributed by atoms with Crippen LogP contribution in [0, 0.1) is 0 Å². The Bertz CT molecular complexity index is 1540. The molecule has 4 atom stereocenters. The molecule has 7 rings (SSSR count). The van der Waals surface area contributed by atoms with E-state index < -0.39 is 31.0 Å². The van der Waals surface area contributed by atoms with Gasteiger partial charge in [0.2, 0.25) is 0 Å². The molecule has 0 radical (unpaired) electrons. The van der Waals surface area contributed by atoms with E-state index in [0.29, 0.717) is 40.7 Å². The topological polar surface area (TPSA) is 111 Å². The van der Waals surface area contributed by atoms with Crippen molar-refractivity contribution in [3.8, 4) is 17.3 Å². The summed E-state index contributed by atoms with van der Waals surface area (Å²) in [7, 11) is 0. The molecule has 0 aliphatic carbocycles. The van der Waals surface area contributed by atoms with Crippen molar-refractivity contribution in [2.45, 2.75) is 50.2 Å². The summed E-state index contributed by atoms with van der Waals surface area (Å²) < 4.78 is 56.8. The molecule has 1 unspecified atom stereocenters. The summed E-state index contributed by atoms with van der Waals surface area (Å²) >= 11 is 6.56. The molecular formula is C25H22ClF3N6O4. The average Bonchev–Trinajstić information content (AvgIpc) is 3.69. The SMILES string of the molecule is O[C@@H]1COC2[C@H](Oc3nc4nc(-c5ccc(N6Cc7cnn(CC(F)(F)F)c7C6)cc5)c(Cl)cc4[nH]3)CO[C@@H]21. The van der Waals surface area contributed by atoms with E-state index in [1.807, 2.05) is 29.2 Å². The number of benzene rings is 1. The molecule has 0 amide bonds. The number of aliphatic hydroxyl groups excluding tert-OH is 1. The zero-order valence-corrected chi connectivity index (χ0v) is 21.0. The summed E-state index contributed by atoms with van der Waals surface area (Å²) in [6.07, 6.45) is -4.70. The average molecular weight is 563 g/mol. The summed E-state index contributed by atoms with van der Waals surface area (Å²) in [5, 5.41) is 14.2. The number of anilines is 1. The van der Waals surface area contributed by atoms with Crippen molar-refractivity contribution in [1.29, 1.82) is 0 Å². The quantitative estimate of drug-likeness (QED) is 0.381. The van der Waals surface area contributed by atoms with E-state index in [0.717, 1.165) is 21.5 Å². The lowest BCUT2D eigenvalue weighted by molar-refractivity contribution is -0.143. The summed E-state index contributed by atoms with van der Waals surface area (Å²) in [5.74, 6) is 0. The molecule has 204 valence electrons. The van der Waals surface area contributed by atoms with Crippen LogP contribution in [-0.2, 0) is 29.1 Å². The van der Waals surface area contributed by atoms with Crippen LogP contribution in [0.3, 0.4) is 0 Å². The number of rotatable bonds is 5. The largest absolute Gasteiger partial charge is 0.456 e. The van der Waals surface area contributed by atoms with Gasteiger partial charge in [0.15, 0.2) is 11.8 Å². The number of aromatic nitrogens is 5. The first kappa shape index (κ1) is 24.6. The van der Waals surface area contributed by atoms with Crippen LogP contribution in [0.5, 0.6) is 6.01 Å². The molecule has 10 nitrogen and oxygen atoms in total. The fourth-order valence-electron chi connectivity index (χ4n) is 5.37. The van der Waals surface area contributed by atoms with Crippen molar-refractivity contribution in [1.82, 2.24) is 24.7 Å². The monoisotopic (exact) mass is 562 g/mol. The molecule has 6 heterocycles. The number of pyridine rings is 1. The van der Waals surface area contributed by atoms with Gasteiger partial charge in [-0.2, -0.15) is 23.3 Å². The molecule has 3 aromatic heterocycles. The van der Waals surface area contributed by atoms with Gasteiger partial charge in [-0.25, -0.2) is 4.98 Å². The second-order valence-corrected chi connectivity index (χ2v) is 10.3. The molecule has 0 bridgehead atoms. The maximum absolute atomic E-state index is 12.9. The first-order chi connectivity index (χ1) is 18.7. The van der Waals surface area contributed by atoms with Gasteiger partial charge < -0.3 is 29.2 Å². The maximum Gasteiger partial charge on any atom is 0.408 e. The Morgan fingerprint density at radius 2 is 1.90 bits per heavy atom. The second kappa shape index (κ2) is 9.08. The van der Waals surface area contributed by atoms with Gasteiger partial charge in [0.25, 0.3) is 6.01 Å². The molecule has 0 saturated carbocycles. The standard InChI is InChI=1S/C25H22ClF3N6O4/c26-15-5-16-23(33-24(31-16)39-19-10-38-21-18(36)9-37-22(19)21)32-20(15)12-1-3-14(4-2-12)34-7-13-6-30-35(17(13)8-34)11-25(27,28)29/h1-6,18-19,21-22,36H,7-11H2,(H,31,32,33)/t18-,19-,21-,22?/m1/s1. The Kier molecular flexibility index (Phi) is 5.74. The molecule has 2 saturated heterocycles. The van der Waals surface area contributed by atoms with Crippen molar-refractivity contribution in [3.05, 3.63) is 52.8 Å². The summed E-state index contributed by atoms with van der Waals surface area (Å²) in [6, 6.07) is 9.47. The third-order valence-corrected chi connectivity index (χ3v) is 7.51. The molecule has 1 aromatic carbocycles. The second-order valence-electron chi connectivity index (χ2n) is 9.84. The van der Waals surface area contributed by atoms with E-state index in [2.05, 4.69) is 20.1 Å². The normalized spacial score (nSPS) is 24.5. The van der Waals surface area contributed by atoms with Crippen molar-refractivity contribution < 1.29 is 32.5 Å². The molecule has 2 N–H and O–H groups in total. The van der Waals surface area contributed by atoms with E-state index in [1.54, 1.807) is 6.07 Å². The zero-order valence-electron chi connectivity index (χ0n) is 20.2. The number of hydrogen-bond donors (Lipinski definition) is 2. The number of imidazole rings is 1. The van der Waals surface area contributed by atoms with Crippen LogP contribution in [0.1, 0.15) is 11.3 Å². The number of aliphatic hydroxyl groups is 1. The van der Waals surface area contributed by atoms with Crippen LogP contribution in [0.4, 0.5) is 18.9 Å². The number of halogens is 4. The lowest BCUT2D eigenvalue weighted by Gasteiger charge is -2.19. The van der Waals surface area contributed by atoms with Gasteiger partial charge in [-0.05, 0) is 18.2 Å². The molecular weight excluding hydrogens is 541 g/mol. The van der Waals surface area contributed by atoms with E-state index in [4.69, 9.17) is 25.8 Å². The molecule has 14 heteroatoms. The summed E-state index contributed by atoms with van der Waals surface area (Å²) in [5.41, 5.74) is 4.52. The predicted molar refractivity (Wildman–Crippen MR) is 132 cm³/mol. The van der Waals surface area contributed by atoms with Crippen LogP contribution >= 0.6 is 11.6 Å². The predicted octanol–water partition coefficient (Wildman–Crippen LogP) is 3.46. The van der Waals surface area contributed by atoms with Gasteiger partial charge in [-0.1, -0.05) is 23.7 Å². The third-order valence-electron chi connectivity index (χ3n) is 7.22. The number of nitrogens with one attached hydrogen (secondary N) is 1. The van der Waals surface area contributed by atoms with Gasteiger partial charge in [0, 0.05) is 23.4 Å². The minimum atomic E-state index is -4.33. The molecule has 3 aliphatic heterocycles. The number of aromatic amines is 1. The Morgan fingerprint density at radius 3 is 2.69 bits per heavy atom. The fraction of sp³-hybridized carbons (Fsp3) is 0.400. The van der Waals surface area contributed by atoms with Gasteiger partial charge in [0.05, 0.1) is 47.9 Å². The highest BCUT2D eigenvalue weighted by molar-refractivity contribution is 6.33. The fourth-order valence-corrected chi connectivity index (χ4v) is 5.63. The van der Waals surface area contributed by atoms with E-state index in [9.17, 15) is 18.3 Å². The number of fused-ring (bicyclic) bond motifs is 3. The van der Waals surface area contributed by atoms with Crippen molar-refractivity contribution in [2.75, 3.05) is 18.1 Å². The number of ether oxygens (including phenoxy) is 3. The van der Waals surface area contributed by atoms with Crippen LogP contribution in [0.15, 0.2) is 36.5 Å². The lowest BCUT2D eigenvalue weighted by atomic mass is 10.1. The van der Waals surface area contributed by atoms with Crippen LogP contribution in [-0.4, -0.2) is 73.6 Å². The van der Waals surface area contributed by atoms with Crippen LogP contribution in [0.25, 0.3) is 22.4 Å². The number of nitrogens with zero attached hydrogens (tertiary/aromatic N) is 5. The highest BCUT2D eigenvalue weighted by Crippen LogP contribution is 2.34. The van der Waals surface area contributed by atoms with E-state index in [1.165, 1.54) is 6.20 Å². The van der Waals surface area contributed by atoms with Crippen molar-refractivity contribution in [2.24, 2.45) is 0 Å². The van der Waals surface area contributed by atoms with Crippen molar-refractivity contribution in [3.63, 3.8) is 0 Å². The Hall–Kier alpha value is -3.39. The highest BCUT2D eigenvalue weighted by atomic mass is 35.5. The van der Waals surface area contributed by atoms with E-state index >= 15 is 0 Å². The number of H-pyrrole nitrogens is 1. The summed E-state index contributed by atoms with van der Waals surface area (Å²) in [4.78, 5) is 14.1. The smallest absolute Gasteiger partial charge is 0.408 e. The van der Waals surface area contributed by atoms with Crippen LogP contribution in [0.2, 0.25) is 5.02 Å². The lowest BCUT2D eigenvalue weighted by Crippen LogP contribution is -2.34. The first-order valence-electron chi connectivity index (χ1n) is 12.3. The molecule has 39 heavy (non-hydrogen) atoms. The molecule has 0 spiro atoms. The van der Waals surface area contributed by atoms with Gasteiger partial charge in [-0.3, -0.25) is 4.68 Å². The minimum Gasteiger partial charge on any atom is -0.456 e. The molecule has 3 aliphatic rings. The van der Waals surface area contributed by atoms with E-state index in [-0.39, 0.29) is 25.3 Å². The van der Waals surface area contributed by atoms with Gasteiger partial charge in [-0.15, -0.1) is 0 Å². The van der Waals surface area contributed by atoms with Crippen molar-refractivity contribution >= 4 is 28.5 Å². The third kappa shape index (κ3) is 4.48. The first-order valence-corrected chi connectivity index (χ1v) is 12.7. The van der Waals surface area contributed by atoms with Gasteiger partial charge in [0.1, 0.15) is 24.9 Å². The Balaban J connectivity index is 1.08. The van der Waals surface area contributed by atoms with Gasteiger partial charge >= 0.3 is 6.18 Å². The minimum absolute atomic E-state index is 0.204. The molecule has 2 fully saturated rings. The number of alkyl halides is 3. The zero-order chi connectivity index (χ0) is 26.9. The van der Waals surface area contributed by atoms with Crippen LogP contribution < -0.4 is 9.64 Å². The highest BCUT2D eigenvalue weighted by Gasteiger charge is 2.48. The Morgan fingerprint density at radius 1 is 1.10 bits per heavy atom. The number of hydrogen-bond acceptors (Lipinski definition) is 8. The maximum atomic E-state index is 12.9. The summed E-state index contributed by atoms with van der Waals surface area (Å²) in [6.45, 7) is 0.191.